The van der Waals surface area contributed by atoms with E-state index in [2.05, 4.69) is 20.9 Å². The smallest absolute Gasteiger partial charge is 0.267 e. The number of benzene rings is 2. The van der Waals surface area contributed by atoms with Crippen LogP contribution in [0.25, 0.3) is 11.1 Å². The molecule has 0 saturated carbocycles. The van der Waals surface area contributed by atoms with E-state index >= 15 is 0 Å². The molecule has 1 aliphatic rings. The van der Waals surface area contributed by atoms with Crippen molar-refractivity contribution in [1.29, 1.82) is 0 Å². The molecule has 10 nitrogen and oxygen atoms in total. The van der Waals surface area contributed by atoms with Crippen molar-refractivity contribution in [3.8, 4) is 11.1 Å². The van der Waals surface area contributed by atoms with E-state index in [-0.39, 0.29) is 12.5 Å². The lowest BCUT2D eigenvalue weighted by molar-refractivity contribution is -0.130. The molecule has 170 valence electrons. The van der Waals surface area contributed by atoms with Gasteiger partial charge in [0.25, 0.3) is 11.8 Å². The predicted octanol–water partition coefficient (Wildman–Crippen LogP) is -0.240. The van der Waals surface area contributed by atoms with Gasteiger partial charge in [-0.05, 0) is 35.4 Å². The highest BCUT2D eigenvalue weighted by Crippen LogP contribution is 2.22. The molecule has 0 bridgehead atoms. The molecule has 0 unspecified atom stereocenters. The Labute approximate surface area is 186 Å². The number of amides is 3. The molecule has 0 spiro atoms. The number of nitrogens with two attached hydrogens (primary N) is 1. The molecule has 1 aliphatic heterocycles. The van der Waals surface area contributed by atoms with Gasteiger partial charge in [0.2, 0.25) is 5.91 Å². The molecule has 7 N–H and O–H groups in total. The van der Waals surface area contributed by atoms with E-state index in [0.29, 0.717) is 12.1 Å². The molecule has 1 atom stereocenters. The lowest BCUT2D eigenvalue weighted by Gasteiger charge is -2.26. The number of carbonyl (C=O) groups excluding carboxylic acids is 3. The zero-order valence-electron chi connectivity index (χ0n) is 17.6. The molecule has 0 aliphatic carbocycles. The van der Waals surface area contributed by atoms with E-state index in [1.165, 1.54) is 5.48 Å². The fourth-order valence-electron chi connectivity index (χ4n) is 3.38. The first-order valence-corrected chi connectivity index (χ1v) is 10.4. The van der Waals surface area contributed by atoms with Gasteiger partial charge in [-0.25, -0.2) is 5.48 Å². The topological polar surface area (TPSA) is 149 Å². The highest BCUT2D eigenvalue weighted by Gasteiger charge is 2.19. The van der Waals surface area contributed by atoms with E-state index in [4.69, 9.17) is 10.9 Å². The quantitative estimate of drug-likeness (QED) is 0.245. The fraction of sp³-hybridized carbons (Fsp3) is 0.318. The minimum absolute atomic E-state index is 0.0410. The van der Waals surface area contributed by atoms with Crippen LogP contribution >= 0.6 is 0 Å². The van der Waals surface area contributed by atoms with Crippen LogP contribution < -0.4 is 27.2 Å². The second-order valence-corrected chi connectivity index (χ2v) is 7.47. The van der Waals surface area contributed by atoms with Gasteiger partial charge in [0.1, 0.15) is 6.04 Å². The first-order valence-electron chi connectivity index (χ1n) is 10.4. The summed E-state index contributed by atoms with van der Waals surface area (Å²) in [5.74, 6) is -1.29. The van der Waals surface area contributed by atoms with Gasteiger partial charge in [-0.3, -0.25) is 24.5 Å². The van der Waals surface area contributed by atoms with Gasteiger partial charge in [0.15, 0.2) is 0 Å². The van der Waals surface area contributed by atoms with E-state index in [0.717, 1.165) is 43.0 Å². The number of hydroxylamine groups is 1. The Bertz CT molecular complexity index is 926. The van der Waals surface area contributed by atoms with E-state index in [1.54, 1.807) is 24.3 Å². The second-order valence-electron chi connectivity index (χ2n) is 7.47. The number of hydrogen-bond acceptors (Lipinski definition) is 7. The molecule has 0 aromatic heterocycles. The van der Waals surface area contributed by atoms with Crippen LogP contribution in [0.3, 0.4) is 0 Å². The third-order valence-electron chi connectivity index (χ3n) is 5.19. The Morgan fingerprint density at radius 3 is 2.16 bits per heavy atom. The predicted molar refractivity (Wildman–Crippen MR) is 120 cm³/mol. The number of nitrogens with one attached hydrogen (secondary N) is 4. The molecule has 3 amide bonds. The Hall–Kier alpha value is -3.31. The highest BCUT2D eigenvalue weighted by atomic mass is 16.5. The van der Waals surface area contributed by atoms with Crippen molar-refractivity contribution >= 4 is 23.4 Å². The lowest BCUT2D eigenvalue weighted by atomic mass is 10.0. The van der Waals surface area contributed by atoms with E-state index in [1.807, 2.05) is 24.3 Å². The summed E-state index contributed by atoms with van der Waals surface area (Å²) in [6, 6.07) is 13.3. The summed E-state index contributed by atoms with van der Waals surface area (Å²) in [5.41, 5.74) is 9.82. The highest BCUT2D eigenvalue weighted by molar-refractivity contribution is 5.98. The number of piperazine rings is 1. The minimum atomic E-state index is -1.03. The molecule has 1 heterocycles. The largest absolute Gasteiger partial charge is 0.339 e. The standard InChI is InChI=1S/C22H28N6O4/c23-13-19(22(31)27-32)26-21(30)17-3-1-15(2-4-17)16-5-7-18(8-6-16)25-20(29)14-28-11-9-24-10-12-28/h1-8,19,24,32H,9-14,23H2,(H,25,29)(H,26,30)(H,27,31)/t19-/m0/s1. The Balaban J connectivity index is 1.57. The number of carbonyl (C=O) groups is 3. The summed E-state index contributed by atoms with van der Waals surface area (Å²) in [5, 5.41) is 17.3. The zero-order chi connectivity index (χ0) is 22.9. The maximum atomic E-state index is 12.3. The molecule has 10 heteroatoms. The van der Waals surface area contributed by atoms with Gasteiger partial charge in [0.05, 0.1) is 6.54 Å². The van der Waals surface area contributed by atoms with Crippen LogP contribution in [0.1, 0.15) is 10.4 Å². The number of anilines is 1. The molecule has 3 rings (SSSR count). The van der Waals surface area contributed by atoms with Crippen LogP contribution in [0.5, 0.6) is 0 Å². The molecule has 0 radical (unpaired) electrons. The SMILES string of the molecule is NC[C@H](NC(=O)c1ccc(-c2ccc(NC(=O)CN3CCNCC3)cc2)cc1)C(=O)NO. The fourth-order valence-corrected chi connectivity index (χ4v) is 3.38. The first kappa shape index (κ1) is 23.4. The third kappa shape index (κ3) is 6.34. The van der Waals surface area contributed by atoms with Crippen molar-refractivity contribution in [2.24, 2.45) is 5.73 Å². The Kier molecular flexibility index (Phi) is 8.28. The van der Waals surface area contributed by atoms with E-state index < -0.39 is 17.9 Å². The molecule has 2 aromatic rings. The van der Waals surface area contributed by atoms with Crippen molar-refractivity contribution < 1.29 is 19.6 Å². The normalized spacial score (nSPS) is 14.9. The van der Waals surface area contributed by atoms with Crippen LogP contribution in [0.4, 0.5) is 5.69 Å². The van der Waals surface area contributed by atoms with Crippen LogP contribution in [0.2, 0.25) is 0 Å². The molecule has 2 aromatic carbocycles. The number of nitrogens with zero attached hydrogens (tertiary/aromatic N) is 1. The Morgan fingerprint density at radius 2 is 1.59 bits per heavy atom. The molecular weight excluding hydrogens is 412 g/mol. The second kappa shape index (κ2) is 11.3. The molecule has 1 saturated heterocycles. The minimum Gasteiger partial charge on any atom is -0.339 e. The average molecular weight is 441 g/mol. The molecule has 32 heavy (non-hydrogen) atoms. The van der Waals surface area contributed by atoms with Crippen LogP contribution in [-0.2, 0) is 9.59 Å². The summed E-state index contributed by atoms with van der Waals surface area (Å²) in [6.07, 6.45) is 0. The third-order valence-corrected chi connectivity index (χ3v) is 5.19. The summed E-state index contributed by atoms with van der Waals surface area (Å²) in [6.45, 7) is 3.75. The number of rotatable bonds is 8. The van der Waals surface area contributed by atoms with Gasteiger partial charge >= 0.3 is 0 Å². The van der Waals surface area contributed by atoms with Crippen LogP contribution in [0.15, 0.2) is 48.5 Å². The average Bonchev–Trinajstić information content (AvgIpc) is 2.83. The van der Waals surface area contributed by atoms with Gasteiger partial charge in [-0.2, -0.15) is 0 Å². The molecule has 1 fully saturated rings. The monoisotopic (exact) mass is 440 g/mol. The van der Waals surface area contributed by atoms with Gasteiger partial charge in [-0.1, -0.05) is 24.3 Å². The first-order chi connectivity index (χ1) is 15.5. The maximum absolute atomic E-state index is 12.3. The van der Waals surface area contributed by atoms with Gasteiger partial charge in [0, 0.05) is 44.0 Å². The van der Waals surface area contributed by atoms with Crippen molar-refractivity contribution in [2.75, 3.05) is 44.6 Å². The lowest BCUT2D eigenvalue weighted by Crippen LogP contribution is -2.50. The zero-order valence-corrected chi connectivity index (χ0v) is 17.6. The molecular formula is C22H28N6O4. The summed E-state index contributed by atoms with van der Waals surface area (Å²) in [7, 11) is 0. The van der Waals surface area contributed by atoms with Crippen molar-refractivity contribution in [1.82, 2.24) is 21.0 Å². The van der Waals surface area contributed by atoms with Crippen LogP contribution in [0, 0.1) is 0 Å². The van der Waals surface area contributed by atoms with Gasteiger partial charge < -0.3 is 21.7 Å². The summed E-state index contributed by atoms with van der Waals surface area (Å²) in [4.78, 5) is 38.1. The maximum Gasteiger partial charge on any atom is 0.267 e. The van der Waals surface area contributed by atoms with E-state index in [9.17, 15) is 14.4 Å². The number of hydrogen-bond donors (Lipinski definition) is 6. The van der Waals surface area contributed by atoms with Crippen molar-refractivity contribution in [3.05, 3.63) is 54.1 Å². The summed E-state index contributed by atoms with van der Waals surface area (Å²) < 4.78 is 0. The van der Waals surface area contributed by atoms with Gasteiger partial charge in [-0.15, -0.1) is 0 Å². The van der Waals surface area contributed by atoms with Crippen molar-refractivity contribution in [2.45, 2.75) is 6.04 Å². The van der Waals surface area contributed by atoms with Crippen LogP contribution in [-0.4, -0.2) is 73.1 Å². The van der Waals surface area contributed by atoms with Crippen molar-refractivity contribution in [3.63, 3.8) is 0 Å². The Morgan fingerprint density at radius 1 is 1.00 bits per heavy atom. The summed E-state index contributed by atoms with van der Waals surface area (Å²) >= 11 is 0.